The quantitative estimate of drug-likeness (QED) is 0.567. The minimum absolute atomic E-state index is 0.913. The fourth-order valence-electron chi connectivity index (χ4n) is 2.62. The van der Waals surface area contributed by atoms with Gasteiger partial charge in [-0.25, -0.2) is 0 Å². The van der Waals surface area contributed by atoms with Gasteiger partial charge in [0.15, 0.2) is 0 Å². The minimum atomic E-state index is 0.913. The van der Waals surface area contributed by atoms with E-state index in [0.29, 0.717) is 0 Å². The lowest BCUT2D eigenvalue weighted by atomic mass is 9.97. The Morgan fingerprint density at radius 2 is 1.69 bits per heavy atom. The minimum Gasteiger partial charge on any atom is -0.0654 e. The number of hydrogen-bond donors (Lipinski definition) is 0. The third-order valence-electron chi connectivity index (χ3n) is 3.33. The van der Waals surface area contributed by atoms with E-state index in [1.54, 1.807) is 0 Å². The molecule has 0 amide bonds. The summed E-state index contributed by atoms with van der Waals surface area (Å²) in [5.74, 6) is 4.09. The van der Waals surface area contributed by atoms with Gasteiger partial charge in [0, 0.05) is 0 Å². The first-order chi connectivity index (χ1) is 6.13. The average molecular weight is 182 g/mol. The Labute approximate surface area is 84.1 Å². The summed E-state index contributed by atoms with van der Waals surface area (Å²) in [7, 11) is 0. The largest absolute Gasteiger partial charge is 0.0654 e. The van der Waals surface area contributed by atoms with Crippen molar-refractivity contribution in [3.63, 3.8) is 0 Å². The highest BCUT2D eigenvalue weighted by molar-refractivity contribution is 4.87. The van der Waals surface area contributed by atoms with Crippen LogP contribution in [0.1, 0.15) is 59.8 Å². The predicted molar refractivity (Wildman–Crippen MR) is 59.7 cm³/mol. The topological polar surface area (TPSA) is 0 Å². The molecule has 1 saturated carbocycles. The molecule has 1 aliphatic carbocycles. The molecule has 3 unspecified atom stereocenters. The first kappa shape index (κ1) is 11.1. The van der Waals surface area contributed by atoms with E-state index >= 15 is 0 Å². The molecule has 0 aliphatic heterocycles. The number of rotatable bonds is 6. The molecular formula is C13H26. The highest BCUT2D eigenvalue weighted by Gasteiger charge is 2.37. The van der Waals surface area contributed by atoms with Gasteiger partial charge >= 0.3 is 0 Å². The molecular weight excluding hydrogens is 156 g/mol. The van der Waals surface area contributed by atoms with Crippen molar-refractivity contribution in [1.29, 1.82) is 0 Å². The Morgan fingerprint density at radius 3 is 2.23 bits per heavy atom. The molecule has 0 aromatic rings. The summed E-state index contributed by atoms with van der Waals surface area (Å²) in [5.41, 5.74) is 0. The van der Waals surface area contributed by atoms with Gasteiger partial charge in [0.1, 0.15) is 0 Å². The van der Waals surface area contributed by atoms with Gasteiger partial charge in [0.2, 0.25) is 0 Å². The predicted octanol–water partition coefficient (Wildman–Crippen LogP) is 4.49. The van der Waals surface area contributed by atoms with Crippen molar-refractivity contribution in [3.8, 4) is 0 Å². The van der Waals surface area contributed by atoms with Crippen LogP contribution >= 0.6 is 0 Å². The molecule has 0 heterocycles. The fraction of sp³-hybridized carbons (Fsp3) is 1.00. The lowest BCUT2D eigenvalue weighted by Crippen LogP contribution is -1.98. The molecule has 0 heteroatoms. The van der Waals surface area contributed by atoms with Crippen LogP contribution < -0.4 is 0 Å². The van der Waals surface area contributed by atoms with Crippen molar-refractivity contribution in [3.05, 3.63) is 0 Å². The molecule has 0 nitrogen and oxygen atoms in total. The van der Waals surface area contributed by atoms with Gasteiger partial charge in [-0.2, -0.15) is 0 Å². The van der Waals surface area contributed by atoms with Crippen molar-refractivity contribution in [2.24, 2.45) is 23.7 Å². The van der Waals surface area contributed by atoms with Crippen molar-refractivity contribution in [2.45, 2.75) is 59.8 Å². The molecule has 0 bridgehead atoms. The summed E-state index contributed by atoms with van der Waals surface area (Å²) < 4.78 is 0. The molecule has 13 heavy (non-hydrogen) atoms. The Kier molecular flexibility index (Phi) is 4.28. The Morgan fingerprint density at radius 1 is 1.08 bits per heavy atom. The second-order valence-corrected chi connectivity index (χ2v) is 5.51. The maximum absolute atomic E-state index is 2.42. The maximum Gasteiger partial charge on any atom is -0.0380 e. The van der Waals surface area contributed by atoms with Crippen LogP contribution in [0.15, 0.2) is 0 Å². The van der Waals surface area contributed by atoms with Gasteiger partial charge in [0.05, 0.1) is 0 Å². The van der Waals surface area contributed by atoms with Crippen molar-refractivity contribution in [2.75, 3.05) is 0 Å². The van der Waals surface area contributed by atoms with Gasteiger partial charge in [-0.1, -0.05) is 40.5 Å². The summed E-state index contributed by atoms with van der Waals surface area (Å²) in [4.78, 5) is 0. The molecule has 0 saturated heterocycles. The molecule has 0 radical (unpaired) electrons. The van der Waals surface area contributed by atoms with Gasteiger partial charge in [0.25, 0.3) is 0 Å². The molecule has 0 N–H and O–H groups in total. The van der Waals surface area contributed by atoms with Gasteiger partial charge < -0.3 is 0 Å². The Balaban J connectivity index is 2.06. The molecule has 0 aromatic heterocycles. The molecule has 78 valence electrons. The van der Waals surface area contributed by atoms with Crippen LogP contribution in [-0.4, -0.2) is 0 Å². The van der Waals surface area contributed by atoms with Crippen LogP contribution in [0.25, 0.3) is 0 Å². The van der Waals surface area contributed by atoms with Crippen molar-refractivity contribution >= 4 is 0 Å². The molecule has 1 rings (SSSR count). The second-order valence-electron chi connectivity index (χ2n) is 5.51. The Bertz CT molecular complexity index is 137. The van der Waals surface area contributed by atoms with Gasteiger partial charge in [-0.15, -0.1) is 0 Å². The molecule has 1 aliphatic rings. The zero-order chi connectivity index (χ0) is 9.84. The average Bonchev–Trinajstić information content (AvgIpc) is 2.66. The molecule has 1 fully saturated rings. The first-order valence-electron chi connectivity index (χ1n) is 6.13. The first-order valence-corrected chi connectivity index (χ1v) is 6.13. The second kappa shape index (κ2) is 5.02. The van der Waals surface area contributed by atoms with Crippen LogP contribution in [0.5, 0.6) is 0 Å². The van der Waals surface area contributed by atoms with E-state index in [0.717, 1.165) is 23.7 Å². The highest BCUT2D eigenvalue weighted by Crippen LogP contribution is 2.47. The van der Waals surface area contributed by atoms with Gasteiger partial charge in [-0.3, -0.25) is 0 Å². The molecule has 0 spiro atoms. The van der Waals surface area contributed by atoms with Crippen LogP contribution in [-0.2, 0) is 0 Å². The standard InChI is InChI=1S/C13H26/c1-5-6-11(4)8-13-9-12(13)7-10(2)3/h10-13H,5-9H2,1-4H3. The Hall–Kier alpha value is 0. The number of hydrogen-bond acceptors (Lipinski definition) is 0. The SMILES string of the molecule is CCCC(C)CC1CC1CC(C)C. The van der Waals surface area contributed by atoms with Crippen LogP contribution in [0.4, 0.5) is 0 Å². The monoisotopic (exact) mass is 182 g/mol. The van der Waals surface area contributed by atoms with E-state index in [1.807, 2.05) is 0 Å². The fourth-order valence-corrected chi connectivity index (χ4v) is 2.62. The van der Waals surface area contributed by atoms with Crippen LogP contribution in [0, 0.1) is 23.7 Å². The zero-order valence-electron chi connectivity index (χ0n) is 9.84. The van der Waals surface area contributed by atoms with E-state index in [-0.39, 0.29) is 0 Å². The molecule has 3 atom stereocenters. The zero-order valence-corrected chi connectivity index (χ0v) is 9.84. The summed E-state index contributed by atoms with van der Waals surface area (Å²) in [6.07, 6.45) is 7.31. The van der Waals surface area contributed by atoms with Crippen LogP contribution in [0.2, 0.25) is 0 Å². The van der Waals surface area contributed by atoms with E-state index < -0.39 is 0 Å². The van der Waals surface area contributed by atoms with E-state index in [4.69, 9.17) is 0 Å². The van der Waals surface area contributed by atoms with Crippen molar-refractivity contribution < 1.29 is 0 Å². The van der Waals surface area contributed by atoms with E-state index in [1.165, 1.54) is 32.1 Å². The lowest BCUT2D eigenvalue weighted by Gasteiger charge is -2.09. The summed E-state index contributed by atoms with van der Waals surface area (Å²) >= 11 is 0. The third kappa shape index (κ3) is 4.15. The molecule has 0 aromatic carbocycles. The van der Waals surface area contributed by atoms with E-state index in [2.05, 4.69) is 27.7 Å². The summed E-state index contributed by atoms with van der Waals surface area (Å²) in [6, 6.07) is 0. The van der Waals surface area contributed by atoms with E-state index in [9.17, 15) is 0 Å². The van der Waals surface area contributed by atoms with Crippen LogP contribution in [0.3, 0.4) is 0 Å². The normalized spacial score (nSPS) is 29.3. The maximum atomic E-state index is 2.42. The van der Waals surface area contributed by atoms with Gasteiger partial charge in [-0.05, 0) is 42.9 Å². The van der Waals surface area contributed by atoms with Crippen molar-refractivity contribution in [1.82, 2.24) is 0 Å². The lowest BCUT2D eigenvalue weighted by molar-refractivity contribution is 0.422. The third-order valence-corrected chi connectivity index (χ3v) is 3.33. The summed E-state index contributed by atoms with van der Waals surface area (Å²) in [5, 5.41) is 0. The highest BCUT2D eigenvalue weighted by atomic mass is 14.4. The smallest absolute Gasteiger partial charge is 0.0380 e. The summed E-state index contributed by atoms with van der Waals surface area (Å²) in [6.45, 7) is 9.43.